The first-order valence-corrected chi connectivity index (χ1v) is 22.5. The zero-order chi connectivity index (χ0) is 44.5. The lowest BCUT2D eigenvalue weighted by atomic mass is 9.99. The third-order valence-corrected chi connectivity index (χ3v) is 12.1. The van der Waals surface area contributed by atoms with Crippen molar-refractivity contribution in [2.24, 2.45) is 0 Å². The van der Waals surface area contributed by atoms with Gasteiger partial charge in [-0.25, -0.2) is 0 Å². The van der Waals surface area contributed by atoms with Gasteiger partial charge in [-0.3, -0.25) is 0 Å². The number of aryl methyl sites for hydroxylation is 4. The van der Waals surface area contributed by atoms with Gasteiger partial charge in [0.25, 0.3) is 0 Å². The van der Waals surface area contributed by atoms with Crippen molar-refractivity contribution < 1.29 is 0 Å². The molecule has 0 saturated heterocycles. The summed E-state index contributed by atoms with van der Waals surface area (Å²) in [4.78, 5) is 4.73. The number of hydrogen-bond donors (Lipinski definition) is 0. The van der Waals surface area contributed by atoms with Gasteiger partial charge in [-0.1, -0.05) is 193 Å². The van der Waals surface area contributed by atoms with E-state index in [0.717, 1.165) is 34.7 Å². The minimum Gasteiger partial charge on any atom is -0.310 e. The number of rotatable bonds is 13. The maximum Gasteiger partial charge on any atom is 0.0490 e. The van der Waals surface area contributed by atoms with Crippen LogP contribution in [-0.2, 0) is 6.42 Å². The molecule has 0 aliphatic heterocycles. The molecule has 0 fully saturated rings. The number of hydrogen-bond acceptors (Lipinski definition) is 2. The largest absolute Gasteiger partial charge is 0.310 e. The molecule has 9 aromatic carbocycles. The Balaban J connectivity index is 0.933. The summed E-state index contributed by atoms with van der Waals surface area (Å²) in [5.41, 5.74) is 21.5. The Labute approximate surface area is 385 Å². The lowest BCUT2D eigenvalue weighted by molar-refractivity contribution is 1.18. The third kappa shape index (κ3) is 10.1. The van der Waals surface area contributed by atoms with Gasteiger partial charge >= 0.3 is 0 Å². The van der Waals surface area contributed by atoms with Crippen molar-refractivity contribution >= 4 is 46.3 Å². The zero-order valence-corrected chi connectivity index (χ0v) is 37.7. The van der Waals surface area contributed by atoms with E-state index in [0.29, 0.717) is 0 Å². The molecular weight excluding hydrogens is 785 g/mol. The molecule has 0 amide bonds. The topological polar surface area (TPSA) is 6.48 Å². The van der Waals surface area contributed by atoms with Crippen LogP contribution >= 0.6 is 0 Å². The summed E-state index contributed by atoms with van der Waals surface area (Å²) in [6, 6.07) is 79.1. The molecule has 9 rings (SSSR count). The molecule has 0 heterocycles. The predicted octanol–water partition coefficient (Wildman–Crippen LogP) is 17.5. The molecule has 0 bridgehead atoms. The highest BCUT2D eigenvalue weighted by molar-refractivity contribution is 5.82. The van der Waals surface area contributed by atoms with Gasteiger partial charge < -0.3 is 9.80 Å². The Hall–Kier alpha value is -7.94. The van der Waals surface area contributed by atoms with E-state index in [4.69, 9.17) is 0 Å². The average molecular weight is 839 g/mol. The molecule has 0 aliphatic rings. The molecule has 2 nitrogen and oxygen atoms in total. The molecule has 0 unspecified atom stereocenters. The van der Waals surface area contributed by atoms with Crippen LogP contribution < -0.4 is 9.80 Å². The van der Waals surface area contributed by atoms with Gasteiger partial charge in [0.1, 0.15) is 0 Å². The minimum absolute atomic E-state index is 0.915. The van der Waals surface area contributed by atoms with E-state index in [1.807, 2.05) is 6.07 Å². The van der Waals surface area contributed by atoms with Crippen molar-refractivity contribution in [2.75, 3.05) is 9.80 Å². The summed E-state index contributed by atoms with van der Waals surface area (Å²) in [5, 5.41) is 0. The number of benzene rings is 9. The van der Waals surface area contributed by atoms with Gasteiger partial charge in [-0.05, 0) is 150 Å². The van der Waals surface area contributed by atoms with E-state index in [9.17, 15) is 0 Å². The summed E-state index contributed by atoms with van der Waals surface area (Å²) in [5.74, 6) is 0. The fourth-order valence-electron chi connectivity index (χ4n) is 8.65. The predicted molar refractivity (Wildman–Crippen MR) is 279 cm³/mol. The molecule has 65 heavy (non-hydrogen) atoms. The van der Waals surface area contributed by atoms with Crippen molar-refractivity contribution in [1.29, 1.82) is 0 Å². The minimum atomic E-state index is 0.915. The Morgan fingerprint density at radius 2 is 0.662 bits per heavy atom. The molecule has 9 aromatic rings. The molecule has 0 aromatic heterocycles. The van der Waals surface area contributed by atoms with Crippen molar-refractivity contribution in [3.8, 4) is 22.3 Å². The van der Waals surface area contributed by atoms with Crippen LogP contribution in [0.1, 0.15) is 44.5 Å². The van der Waals surface area contributed by atoms with Crippen LogP contribution in [0.25, 0.3) is 34.4 Å². The lowest BCUT2D eigenvalue weighted by Crippen LogP contribution is -2.11. The highest BCUT2D eigenvalue weighted by Crippen LogP contribution is 2.40. The van der Waals surface area contributed by atoms with Crippen LogP contribution in [0.4, 0.5) is 34.1 Å². The van der Waals surface area contributed by atoms with E-state index in [-0.39, 0.29) is 0 Å². The van der Waals surface area contributed by atoms with E-state index in [2.05, 4.69) is 274 Å². The fourth-order valence-corrected chi connectivity index (χ4v) is 8.65. The summed E-state index contributed by atoms with van der Waals surface area (Å²) >= 11 is 0. The molecule has 0 N–H and O–H groups in total. The third-order valence-electron chi connectivity index (χ3n) is 12.1. The standard InChI is InChI=1S/C63H54N2/c1-46-19-41-62(48(3)43-46)64(58-33-21-51(22-34-58)16-12-11-15-50-13-7-5-8-14-50)60-37-29-56(30-38-60)54-25-27-55(28-26-54)57-31-39-61(40-32-57)65(63-42-20-47(2)44-49(63)4)59-35-23-53(24-36-59)45-52-17-9-6-10-18-52/h5-44H,45H2,1-4H3. The normalized spacial score (nSPS) is 11.3. The Morgan fingerprint density at radius 1 is 0.323 bits per heavy atom. The Morgan fingerprint density at radius 3 is 1.08 bits per heavy atom. The average Bonchev–Trinajstić information content (AvgIpc) is 3.34. The van der Waals surface area contributed by atoms with Gasteiger partial charge in [0.15, 0.2) is 0 Å². The maximum atomic E-state index is 2.37. The van der Waals surface area contributed by atoms with Gasteiger partial charge in [0, 0.05) is 34.1 Å². The summed E-state index contributed by atoms with van der Waals surface area (Å²) in [7, 11) is 0. The van der Waals surface area contributed by atoms with Crippen molar-refractivity contribution in [3.05, 3.63) is 275 Å². The van der Waals surface area contributed by atoms with Crippen LogP contribution in [-0.4, -0.2) is 0 Å². The molecule has 0 saturated carbocycles. The van der Waals surface area contributed by atoms with Crippen molar-refractivity contribution in [1.82, 2.24) is 0 Å². The molecule has 0 aliphatic carbocycles. The smallest absolute Gasteiger partial charge is 0.0490 e. The molecule has 316 valence electrons. The van der Waals surface area contributed by atoms with Crippen LogP contribution in [0, 0.1) is 27.7 Å². The highest BCUT2D eigenvalue weighted by atomic mass is 15.1. The van der Waals surface area contributed by atoms with Crippen molar-refractivity contribution in [3.63, 3.8) is 0 Å². The molecular formula is C63H54N2. The molecule has 0 spiro atoms. The quantitative estimate of drug-likeness (QED) is 0.107. The second kappa shape index (κ2) is 19.6. The van der Waals surface area contributed by atoms with Gasteiger partial charge in [0.05, 0.1) is 0 Å². The molecule has 2 heteroatoms. The lowest BCUT2D eigenvalue weighted by Gasteiger charge is -2.27. The highest BCUT2D eigenvalue weighted by Gasteiger charge is 2.17. The second-order valence-corrected chi connectivity index (χ2v) is 17.0. The molecule has 0 radical (unpaired) electrons. The van der Waals surface area contributed by atoms with E-state index in [1.54, 1.807) is 0 Å². The molecule has 0 atom stereocenters. The monoisotopic (exact) mass is 838 g/mol. The van der Waals surface area contributed by atoms with Gasteiger partial charge in [-0.15, -0.1) is 0 Å². The Kier molecular flexibility index (Phi) is 12.8. The van der Waals surface area contributed by atoms with Crippen molar-refractivity contribution in [2.45, 2.75) is 34.1 Å². The van der Waals surface area contributed by atoms with Gasteiger partial charge in [-0.2, -0.15) is 0 Å². The summed E-state index contributed by atoms with van der Waals surface area (Å²) in [6.45, 7) is 8.71. The first kappa shape index (κ1) is 42.4. The SMILES string of the molecule is Cc1ccc(N(c2ccc(C=CC=Cc3ccccc3)cc2)c2ccc(-c3ccc(-c4ccc(N(c5ccc(Cc6ccccc6)cc5)c5ccc(C)cc5C)cc4)cc3)cc2)c(C)c1. The first-order valence-electron chi connectivity index (χ1n) is 22.5. The fraction of sp³-hybridized carbons (Fsp3) is 0.0794. The summed E-state index contributed by atoms with van der Waals surface area (Å²) in [6.07, 6.45) is 9.37. The van der Waals surface area contributed by atoms with E-state index in [1.165, 1.54) is 72.6 Å². The number of nitrogens with zero attached hydrogens (tertiary/aromatic N) is 2. The van der Waals surface area contributed by atoms with Crippen LogP contribution in [0.3, 0.4) is 0 Å². The van der Waals surface area contributed by atoms with E-state index < -0.39 is 0 Å². The van der Waals surface area contributed by atoms with Gasteiger partial charge in [0.2, 0.25) is 0 Å². The number of allylic oxidation sites excluding steroid dienone is 2. The Bertz CT molecular complexity index is 3040. The summed E-state index contributed by atoms with van der Waals surface area (Å²) < 4.78 is 0. The van der Waals surface area contributed by atoms with Crippen LogP contribution in [0.15, 0.2) is 231 Å². The zero-order valence-electron chi connectivity index (χ0n) is 37.7. The van der Waals surface area contributed by atoms with Crippen LogP contribution in [0.5, 0.6) is 0 Å². The van der Waals surface area contributed by atoms with Crippen LogP contribution in [0.2, 0.25) is 0 Å². The van der Waals surface area contributed by atoms with E-state index >= 15 is 0 Å². The maximum absolute atomic E-state index is 2.37. The number of anilines is 6. The first-order chi connectivity index (χ1) is 31.8. The second-order valence-electron chi connectivity index (χ2n) is 17.0.